The maximum atomic E-state index is 13.6. The third-order valence-corrected chi connectivity index (χ3v) is 8.15. The van der Waals surface area contributed by atoms with Crippen molar-refractivity contribution in [2.24, 2.45) is 5.92 Å². The highest BCUT2D eigenvalue weighted by Crippen LogP contribution is 2.36. The van der Waals surface area contributed by atoms with Crippen LogP contribution < -0.4 is 14.4 Å². The highest BCUT2D eigenvalue weighted by molar-refractivity contribution is 7.89. The van der Waals surface area contributed by atoms with E-state index in [2.05, 4.69) is 0 Å². The maximum absolute atomic E-state index is 13.6. The summed E-state index contributed by atoms with van der Waals surface area (Å²) in [5.74, 6) is -0.667. The van der Waals surface area contributed by atoms with Gasteiger partial charge in [0.05, 0.1) is 42.3 Å². The number of nitrogens with zero attached hydrogens (tertiary/aromatic N) is 2. The van der Waals surface area contributed by atoms with Crippen LogP contribution in [-0.4, -0.2) is 64.6 Å². The number of halogens is 1. The van der Waals surface area contributed by atoms with Crippen molar-refractivity contribution in [2.75, 3.05) is 38.8 Å². The maximum Gasteiger partial charge on any atom is 0.348 e. The summed E-state index contributed by atoms with van der Waals surface area (Å²) >= 11 is 6.14. The number of methoxy groups -OCH3 is 2. The van der Waals surface area contributed by atoms with Crippen LogP contribution in [0.2, 0.25) is 5.02 Å². The van der Waals surface area contributed by atoms with Crippen LogP contribution in [0.4, 0.5) is 5.69 Å². The highest BCUT2D eigenvalue weighted by atomic mass is 35.5. The molecule has 0 saturated carbocycles. The minimum Gasteiger partial charge on any atom is -0.495 e. The van der Waals surface area contributed by atoms with Gasteiger partial charge in [-0.1, -0.05) is 23.7 Å². The lowest BCUT2D eigenvalue weighted by molar-refractivity contribution is -0.148. The molecule has 34 heavy (non-hydrogen) atoms. The summed E-state index contributed by atoms with van der Waals surface area (Å²) in [6.07, 6.45) is 0.0801. The number of sulfonamides is 1. The van der Waals surface area contributed by atoms with Crippen LogP contribution in [0.3, 0.4) is 0 Å². The first-order valence-corrected chi connectivity index (χ1v) is 12.6. The van der Waals surface area contributed by atoms with E-state index in [4.69, 9.17) is 25.8 Å². The molecule has 2 aromatic carbocycles. The lowest BCUT2D eigenvalue weighted by Gasteiger charge is -2.38. The molecular weight excluding hydrogens is 484 g/mol. The van der Waals surface area contributed by atoms with Gasteiger partial charge in [0.15, 0.2) is 0 Å². The van der Waals surface area contributed by atoms with E-state index in [1.807, 2.05) is 0 Å². The summed E-state index contributed by atoms with van der Waals surface area (Å²) in [7, 11) is -1.16. The molecule has 2 atom stereocenters. The molecule has 4 rings (SSSR count). The summed E-state index contributed by atoms with van der Waals surface area (Å²) in [5, 5.41) is 0.187. The van der Waals surface area contributed by atoms with Gasteiger partial charge >= 0.3 is 5.97 Å². The summed E-state index contributed by atoms with van der Waals surface area (Å²) in [6, 6.07) is 11.2. The predicted molar refractivity (Wildman–Crippen MR) is 125 cm³/mol. The highest BCUT2D eigenvalue weighted by Gasteiger charge is 2.40. The van der Waals surface area contributed by atoms with Crippen molar-refractivity contribution >= 4 is 39.2 Å². The average molecular weight is 509 g/mol. The molecule has 0 aromatic heterocycles. The van der Waals surface area contributed by atoms with E-state index in [0.29, 0.717) is 36.6 Å². The second kappa shape index (κ2) is 9.81. The fourth-order valence-corrected chi connectivity index (χ4v) is 6.11. The largest absolute Gasteiger partial charge is 0.495 e. The SMILES string of the molecule is COC(=O)[C@@H]1CN(C(=O)[C@H]2CCCN(S(=O)(=O)c3ccc(OC)c(Cl)c3)C2)c2ccccc2O1. The van der Waals surface area contributed by atoms with Crippen molar-refractivity contribution in [3.63, 3.8) is 0 Å². The molecule has 1 amide bonds. The van der Waals surface area contributed by atoms with Crippen LogP contribution in [0.1, 0.15) is 12.8 Å². The van der Waals surface area contributed by atoms with Gasteiger partial charge in [-0.15, -0.1) is 0 Å². The third-order valence-electron chi connectivity index (χ3n) is 6.00. The van der Waals surface area contributed by atoms with Crippen molar-refractivity contribution in [1.82, 2.24) is 4.31 Å². The predicted octanol–water partition coefficient (Wildman–Crippen LogP) is 2.72. The first-order chi connectivity index (χ1) is 16.3. The monoisotopic (exact) mass is 508 g/mol. The Bertz CT molecular complexity index is 1200. The summed E-state index contributed by atoms with van der Waals surface area (Å²) in [6.45, 7) is 0.299. The molecule has 9 nitrogen and oxygen atoms in total. The third kappa shape index (κ3) is 4.57. The number of piperidine rings is 1. The van der Waals surface area contributed by atoms with Gasteiger partial charge in [-0.25, -0.2) is 13.2 Å². The van der Waals surface area contributed by atoms with Crippen molar-refractivity contribution in [1.29, 1.82) is 0 Å². The zero-order chi connectivity index (χ0) is 24.5. The molecule has 2 aromatic rings. The number of anilines is 1. The summed E-state index contributed by atoms with van der Waals surface area (Å²) in [4.78, 5) is 27.2. The number of rotatable bonds is 5. The van der Waals surface area contributed by atoms with E-state index in [1.54, 1.807) is 24.3 Å². The van der Waals surface area contributed by atoms with Crippen LogP contribution in [0, 0.1) is 5.92 Å². The Hall–Kier alpha value is -2.82. The Morgan fingerprint density at radius 3 is 2.59 bits per heavy atom. The summed E-state index contributed by atoms with van der Waals surface area (Å²) in [5.41, 5.74) is 0.537. The van der Waals surface area contributed by atoms with Crippen molar-refractivity contribution < 1.29 is 32.2 Å². The van der Waals surface area contributed by atoms with Crippen molar-refractivity contribution in [3.8, 4) is 11.5 Å². The van der Waals surface area contributed by atoms with Crippen LogP contribution in [-0.2, 0) is 24.3 Å². The molecule has 0 N–H and O–H groups in total. The minimum absolute atomic E-state index is 0.0140. The van der Waals surface area contributed by atoms with E-state index >= 15 is 0 Å². The van der Waals surface area contributed by atoms with Crippen molar-refractivity contribution in [3.05, 3.63) is 47.5 Å². The van der Waals surface area contributed by atoms with E-state index < -0.39 is 28.0 Å². The molecule has 11 heteroatoms. The number of carbonyl (C=O) groups is 2. The average Bonchev–Trinajstić information content (AvgIpc) is 2.87. The standard InChI is InChI=1S/C23H25ClN2O7S/c1-31-19-10-9-16(12-17(19)24)34(29,30)25-11-5-6-15(13-25)22(27)26-14-21(23(28)32-2)33-20-8-4-3-7-18(20)26/h3-4,7-10,12,15,21H,5-6,11,13-14H2,1-2H3/t15-,21-/m0/s1. The van der Waals surface area contributed by atoms with E-state index in [9.17, 15) is 18.0 Å². The molecule has 0 bridgehead atoms. The van der Waals surface area contributed by atoms with Gasteiger partial charge in [0.1, 0.15) is 11.5 Å². The Kier molecular flexibility index (Phi) is 7.01. The second-order valence-corrected chi connectivity index (χ2v) is 10.4. The van der Waals surface area contributed by atoms with Gasteiger partial charge < -0.3 is 19.1 Å². The number of esters is 1. The number of carbonyl (C=O) groups excluding carboxylic acids is 2. The topological polar surface area (TPSA) is 102 Å². The molecule has 1 saturated heterocycles. The Morgan fingerprint density at radius 1 is 1.12 bits per heavy atom. The van der Waals surface area contributed by atoms with Crippen LogP contribution in [0.15, 0.2) is 47.4 Å². The lowest BCUT2D eigenvalue weighted by Crippen LogP contribution is -2.52. The second-order valence-electron chi connectivity index (χ2n) is 8.04. The molecule has 0 radical (unpaired) electrons. The Labute approximate surface area is 203 Å². The van der Waals surface area contributed by atoms with Gasteiger partial charge in [0, 0.05) is 13.1 Å². The first kappa shape index (κ1) is 24.3. The van der Waals surface area contributed by atoms with E-state index in [0.717, 1.165) is 0 Å². The summed E-state index contributed by atoms with van der Waals surface area (Å²) < 4.78 is 43.5. The molecule has 182 valence electrons. The molecule has 0 aliphatic carbocycles. The number of amides is 1. The van der Waals surface area contributed by atoms with Crippen LogP contribution in [0.5, 0.6) is 11.5 Å². The number of ether oxygens (including phenoxy) is 3. The zero-order valence-electron chi connectivity index (χ0n) is 18.8. The molecule has 2 aliphatic rings. The minimum atomic E-state index is -3.87. The van der Waals surface area contributed by atoms with Gasteiger partial charge in [0.2, 0.25) is 22.0 Å². The number of hydrogen-bond donors (Lipinski definition) is 0. The Morgan fingerprint density at radius 2 is 1.88 bits per heavy atom. The van der Waals surface area contributed by atoms with Gasteiger partial charge in [-0.3, -0.25) is 4.79 Å². The number of benzene rings is 2. The number of hydrogen-bond acceptors (Lipinski definition) is 7. The fourth-order valence-electron chi connectivity index (χ4n) is 4.24. The van der Waals surface area contributed by atoms with Gasteiger partial charge in [-0.2, -0.15) is 4.31 Å². The molecule has 2 aliphatic heterocycles. The lowest BCUT2D eigenvalue weighted by atomic mass is 9.97. The van der Waals surface area contributed by atoms with Gasteiger partial charge in [0.25, 0.3) is 0 Å². The smallest absolute Gasteiger partial charge is 0.348 e. The molecular formula is C23H25ClN2O7S. The van der Waals surface area contributed by atoms with Crippen LogP contribution in [0.25, 0.3) is 0 Å². The van der Waals surface area contributed by atoms with Gasteiger partial charge in [-0.05, 0) is 43.2 Å². The molecule has 2 heterocycles. The number of fused-ring (bicyclic) bond motifs is 1. The normalized spacial score (nSPS) is 20.7. The van der Waals surface area contributed by atoms with Crippen LogP contribution >= 0.6 is 11.6 Å². The fraction of sp³-hybridized carbons (Fsp3) is 0.391. The first-order valence-electron chi connectivity index (χ1n) is 10.7. The number of para-hydroxylation sites is 2. The zero-order valence-corrected chi connectivity index (χ0v) is 20.3. The molecule has 0 spiro atoms. The molecule has 0 unspecified atom stereocenters. The van der Waals surface area contributed by atoms with Crippen molar-refractivity contribution in [2.45, 2.75) is 23.8 Å². The Balaban J connectivity index is 1.57. The quantitative estimate of drug-likeness (QED) is 0.572. The van der Waals surface area contributed by atoms with E-state index in [1.165, 1.54) is 41.6 Å². The van der Waals surface area contributed by atoms with E-state index in [-0.39, 0.29) is 28.9 Å². The molecule has 1 fully saturated rings.